The monoisotopic (exact) mass is 422 g/mol. The van der Waals surface area contributed by atoms with Crippen molar-refractivity contribution in [1.29, 1.82) is 0 Å². The van der Waals surface area contributed by atoms with Crippen molar-refractivity contribution in [3.8, 4) is 5.88 Å². The number of hydrogen-bond acceptors (Lipinski definition) is 7. The topological polar surface area (TPSA) is 78.4 Å². The summed E-state index contributed by atoms with van der Waals surface area (Å²) in [7, 11) is -5.80. The van der Waals surface area contributed by atoms with E-state index in [4.69, 9.17) is 4.74 Å². The third-order valence-electron chi connectivity index (χ3n) is 3.30. The van der Waals surface area contributed by atoms with E-state index in [0.717, 1.165) is 10.9 Å². The summed E-state index contributed by atoms with van der Waals surface area (Å²) in [5.41, 5.74) is -5.25. The SMILES string of the molecule is C=C(CC(c1cccc(OS(=O)(=O)C(F)(F)F)n1)c1ncc(C)s1)OCC. The van der Waals surface area contributed by atoms with Crippen molar-refractivity contribution in [1.82, 2.24) is 9.97 Å². The minimum absolute atomic E-state index is 0.281. The summed E-state index contributed by atoms with van der Waals surface area (Å²) < 4.78 is 69.5. The smallest absolute Gasteiger partial charge is 0.499 e. The molecular weight excluding hydrogens is 405 g/mol. The lowest BCUT2D eigenvalue weighted by molar-refractivity contribution is -0.0501. The Bertz CT molecular complexity index is 910. The van der Waals surface area contributed by atoms with Crippen molar-refractivity contribution in [2.45, 2.75) is 31.7 Å². The van der Waals surface area contributed by atoms with Crippen molar-refractivity contribution >= 4 is 21.5 Å². The zero-order valence-electron chi connectivity index (χ0n) is 14.5. The molecule has 0 spiro atoms. The van der Waals surface area contributed by atoms with Gasteiger partial charge in [-0.2, -0.15) is 21.6 Å². The van der Waals surface area contributed by atoms with Gasteiger partial charge >= 0.3 is 15.6 Å². The summed E-state index contributed by atoms with van der Waals surface area (Å²) in [6.45, 7) is 7.87. The predicted molar refractivity (Wildman–Crippen MR) is 93.9 cm³/mol. The molecule has 0 radical (unpaired) electrons. The van der Waals surface area contributed by atoms with E-state index in [0.29, 0.717) is 23.1 Å². The summed E-state index contributed by atoms with van der Waals surface area (Å²) in [5.74, 6) is -0.698. The maximum Gasteiger partial charge on any atom is 0.534 e. The number of alkyl halides is 3. The average molecular weight is 422 g/mol. The van der Waals surface area contributed by atoms with Crippen LogP contribution in [0.1, 0.15) is 34.8 Å². The molecular formula is C16H17F3N2O4S2. The largest absolute Gasteiger partial charge is 0.534 e. The summed E-state index contributed by atoms with van der Waals surface area (Å²) in [6, 6.07) is 3.95. The van der Waals surface area contributed by atoms with Gasteiger partial charge in [-0.25, -0.2) is 9.97 Å². The molecule has 0 saturated heterocycles. The highest BCUT2D eigenvalue weighted by Gasteiger charge is 2.48. The number of aromatic nitrogens is 2. The summed E-state index contributed by atoms with van der Waals surface area (Å²) in [6.07, 6.45) is 1.94. The van der Waals surface area contributed by atoms with Crippen LogP contribution < -0.4 is 4.18 Å². The van der Waals surface area contributed by atoms with E-state index in [1.54, 1.807) is 19.2 Å². The van der Waals surface area contributed by atoms with Gasteiger partial charge in [0.15, 0.2) is 0 Å². The lowest BCUT2D eigenvalue weighted by Crippen LogP contribution is -2.28. The molecule has 0 amide bonds. The Labute approximate surface area is 158 Å². The van der Waals surface area contributed by atoms with E-state index in [2.05, 4.69) is 20.7 Å². The van der Waals surface area contributed by atoms with Crippen LogP contribution >= 0.6 is 11.3 Å². The van der Waals surface area contributed by atoms with Crippen LogP contribution in [0.4, 0.5) is 13.2 Å². The van der Waals surface area contributed by atoms with E-state index in [1.165, 1.54) is 17.4 Å². The van der Waals surface area contributed by atoms with Gasteiger partial charge in [0.05, 0.1) is 24.0 Å². The third-order valence-corrected chi connectivity index (χ3v) is 5.28. The summed E-state index contributed by atoms with van der Waals surface area (Å²) >= 11 is 1.39. The zero-order valence-corrected chi connectivity index (χ0v) is 16.1. The van der Waals surface area contributed by atoms with Gasteiger partial charge in [-0.1, -0.05) is 12.6 Å². The number of pyridine rings is 1. The van der Waals surface area contributed by atoms with Crippen LogP contribution in [-0.4, -0.2) is 30.5 Å². The second kappa shape index (κ2) is 8.26. The molecule has 0 aliphatic carbocycles. The van der Waals surface area contributed by atoms with Gasteiger partial charge in [0.1, 0.15) is 5.01 Å². The number of allylic oxidation sites excluding steroid dienone is 1. The quantitative estimate of drug-likeness (QED) is 0.361. The molecule has 27 heavy (non-hydrogen) atoms. The van der Waals surface area contributed by atoms with Gasteiger partial charge in [0.25, 0.3) is 0 Å². The molecule has 0 aliphatic rings. The van der Waals surface area contributed by atoms with Crippen molar-refractivity contribution in [3.05, 3.63) is 52.3 Å². The Kier molecular flexibility index (Phi) is 6.47. The maximum absolute atomic E-state index is 12.5. The summed E-state index contributed by atoms with van der Waals surface area (Å²) in [4.78, 5) is 9.17. The first kappa shape index (κ1) is 21.2. The maximum atomic E-state index is 12.5. The fraction of sp³-hybridized carbons (Fsp3) is 0.375. The molecule has 6 nitrogen and oxygen atoms in total. The van der Waals surface area contributed by atoms with Crippen LogP contribution in [0.15, 0.2) is 36.7 Å². The van der Waals surface area contributed by atoms with E-state index >= 15 is 0 Å². The highest BCUT2D eigenvalue weighted by molar-refractivity contribution is 7.87. The summed E-state index contributed by atoms with van der Waals surface area (Å²) in [5, 5.41) is 0.650. The number of halogens is 3. The first-order chi connectivity index (χ1) is 12.5. The van der Waals surface area contributed by atoms with Gasteiger partial charge in [-0.3, -0.25) is 0 Å². The minimum atomic E-state index is -5.80. The highest BCUT2D eigenvalue weighted by atomic mass is 32.2. The number of nitrogens with zero attached hydrogens (tertiary/aromatic N) is 2. The molecule has 2 aromatic rings. The normalized spacial score (nSPS) is 13.2. The van der Waals surface area contributed by atoms with E-state index in [9.17, 15) is 21.6 Å². The Morgan fingerprint density at radius 1 is 1.37 bits per heavy atom. The molecule has 0 bridgehead atoms. The van der Waals surface area contributed by atoms with Gasteiger partial charge < -0.3 is 8.92 Å². The zero-order chi connectivity index (χ0) is 20.2. The van der Waals surface area contributed by atoms with Crippen LogP contribution in [0.2, 0.25) is 0 Å². The number of hydrogen-bond donors (Lipinski definition) is 0. The van der Waals surface area contributed by atoms with Crippen LogP contribution in [0.25, 0.3) is 0 Å². The fourth-order valence-electron chi connectivity index (χ4n) is 2.17. The second-order valence-electron chi connectivity index (χ2n) is 5.42. The predicted octanol–water partition coefficient (Wildman–Crippen LogP) is 4.15. The van der Waals surface area contributed by atoms with Crippen LogP contribution in [0.3, 0.4) is 0 Å². The fourth-order valence-corrected chi connectivity index (χ4v) is 3.47. The molecule has 148 valence electrons. The molecule has 0 saturated carbocycles. The number of thiazole rings is 1. The highest BCUT2D eigenvalue weighted by Crippen LogP contribution is 2.34. The first-order valence-electron chi connectivity index (χ1n) is 7.74. The van der Waals surface area contributed by atoms with Crippen molar-refractivity contribution in [2.75, 3.05) is 6.61 Å². The molecule has 0 fully saturated rings. The number of rotatable bonds is 8. The molecule has 0 aliphatic heterocycles. The molecule has 2 heterocycles. The van der Waals surface area contributed by atoms with Gasteiger partial charge in [-0.05, 0) is 19.9 Å². The van der Waals surface area contributed by atoms with Crippen molar-refractivity contribution in [2.24, 2.45) is 0 Å². The van der Waals surface area contributed by atoms with Gasteiger partial charge in [0, 0.05) is 23.6 Å². The van der Waals surface area contributed by atoms with E-state index in [1.807, 2.05) is 6.92 Å². The van der Waals surface area contributed by atoms with Gasteiger partial charge in [-0.15, -0.1) is 11.3 Å². The molecule has 0 aromatic carbocycles. The minimum Gasteiger partial charge on any atom is -0.499 e. The number of ether oxygens (including phenoxy) is 1. The van der Waals surface area contributed by atoms with Crippen LogP contribution in [0.5, 0.6) is 5.88 Å². The first-order valence-corrected chi connectivity index (χ1v) is 9.96. The van der Waals surface area contributed by atoms with E-state index < -0.39 is 27.4 Å². The van der Waals surface area contributed by atoms with Crippen molar-refractivity contribution < 1.29 is 30.5 Å². The molecule has 1 unspecified atom stereocenters. The molecule has 11 heteroatoms. The Hall–Kier alpha value is -2.14. The Morgan fingerprint density at radius 2 is 2.07 bits per heavy atom. The third kappa shape index (κ3) is 5.42. The number of aryl methyl sites for hydroxylation is 1. The second-order valence-corrected chi connectivity index (χ2v) is 8.23. The average Bonchev–Trinajstić information content (AvgIpc) is 2.98. The van der Waals surface area contributed by atoms with Crippen LogP contribution in [0, 0.1) is 6.92 Å². The Morgan fingerprint density at radius 3 is 2.63 bits per heavy atom. The molecule has 2 aromatic heterocycles. The van der Waals surface area contributed by atoms with Crippen molar-refractivity contribution in [3.63, 3.8) is 0 Å². The van der Waals surface area contributed by atoms with E-state index in [-0.39, 0.29) is 6.42 Å². The Balaban J connectivity index is 2.37. The molecule has 2 rings (SSSR count). The van der Waals surface area contributed by atoms with Crippen LogP contribution in [-0.2, 0) is 14.9 Å². The lowest BCUT2D eigenvalue weighted by Gasteiger charge is -2.17. The van der Waals surface area contributed by atoms with Gasteiger partial charge in [0.2, 0.25) is 5.88 Å². The molecule has 0 N–H and O–H groups in total. The molecule has 1 atom stereocenters. The standard InChI is InChI=1S/C16H17F3N2O4S2/c1-4-24-10(2)8-12(15-20-9-11(3)26-15)13-6-5-7-14(21-13)25-27(22,23)16(17,18)19/h5-7,9,12H,2,4,8H2,1,3H3. The lowest BCUT2D eigenvalue weighted by atomic mass is 10.0.